The summed E-state index contributed by atoms with van der Waals surface area (Å²) in [5.41, 5.74) is -1.53. The first kappa shape index (κ1) is 12.9. The molecule has 98 valence electrons. The fraction of sp³-hybridized carbons (Fsp3) is 0.636. The highest BCUT2D eigenvalue weighted by atomic mass is 19.4. The Balaban J connectivity index is 2.16. The van der Waals surface area contributed by atoms with Crippen LogP contribution in [0.3, 0.4) is 0 Å². The van der Waals surface area contributed by atoms with Crippen molar-refractivity contribution >= 4 is 0 Å². The average Bonchev–Trinajstić information content (AvgIpc) is 2.95. The molecule has 1 aromatic rings. The molecule has 7 heteroatoms. The van der Waals surface area contributed by atoms with Crippen LogP contribution in [0.1, 0.15) is 31.0 Å². The lowest BCUT2D eigenvalue weighted by Gasteiger charge is -2.19. The first-order valence-corrected chi connectivity index (χ1v) is 5.63. The van der Waals surface area contributed by atoms with E-state index in [2.05, 4.69) is 16.5 Å². The third kappa shape index (κ3) is 2.20. The van der Waals surface area contributed by atoms with Crippen molar-refractivity contribution in [2.24, 2.45) is 0 Å². The number of nitriles is 1. The number of rotatable bonds is 2. The number of hydrogen-bond donors (Lipinski definition) is 1. The molecule has 0 bridgehead atoms. The lowest BCUT2D eigenvalue weighted by Crippen LogP contribution is -2.38. The minimum atomic E-state index is -4.42. The molecule has 0 amide bonds. The van der Waals surface area contributed by atoms with Gasteiger partial charge in [-0.05, 0) is 26.0 Å². The molecular formula is C11H13F3N4. The third-order valence-corrected chi connectivity index (χ3v) is 3.45. The van der Waals surface area contributed by atoms with Gasteiger partial charge in [-0.3, -0.25) is 4.68 Å². The molecule has 2 rings (SSSR count). The summed E-state index contributed by atoms with van der Waals surface area (Å²) in [6.45, 7) is 0. The fourth-order valence-corrected chi connectivity index (χ4v) is 2.32. The lowest BCUT2D eigenvalue weighted by atomic mass is 10.0. The zero-order chi connectivity index (χ0) is 13.4. The number of hydrogen-bond acceptors (Lipinski definition) is 3. The first-order valence-electron chi connectivity index (χ1n) is 5.63. The van der Waals surface area contributed by atoms with Crippen LogP contribution in [0.5, 0.6) is 0 Å². The topological polar surface area (TPSA) is 53.6 Å². The third-order valence-electron chi connectivity index (χ3n) is 3.45. The average molecular weight is 258 g/mol. The van der Waals surface area contributed by atoms with Gasteiger partial charge in [0.15, 0.2) is 5.69 Å². The predicted molar refractivity (Wildman–Crippen MR) is 57.5 cm³/mol. The highest BCUT2D eigenvalue weighted by Gasteiger charge is 2.40. The molecule has 0 radical (unpaired) electrons. The molecular weight excluding hydrogens is 245 g/mol. The summed E-state index contributed by atoms with van der Waals surface area (Å²) in [6.07, 6.45) is -1.35. The Morgan fingerprint density at radius 2 is 2.33 bits per heavy atom. The second-order valence-corrected chi connectivity index (χ2v) is 4.52. The number of nitrogens with zero attached hydrogens (tertiary/aromatic N) is 3. The molecule has 1 N–H and O–H groups in total. The van der Waals surface area contributed by atoms with Gasteiger partial charge in [0, 0.05) is 12.6 Å². The SMILES string of the molecule is CNC1(C#N)CCC(n2ccc(C(F)(F)F)n2)C1. The maximum absolute atomic E-state index is 12.4. The van der Waals surface area contributed by atoms with Crippen molar-refractivity contribution in [3.8, 4) is 6.07 Å². The van der Waals surface area contributed by atoms with Gasteiger partial charge in [-0.2, -0.15) is 23.5 Å². The molecule has 4 nitrogen and oxygen atoms in total. The van der Waals surface area contributed by atoms with Crippen molar-refractivity contribution in [1.29, 1.82) is 5.26 Å². The Hall–Kier alpha value is -1.55. The first-order chi connectivity index (χ1) is 8.40. The van der Waals surface area contributed by atoms with Gasteiger partial charge in [-0.15, -0.1) is 0 Å². The largest absolute Gasteiger partial charge is 0.435 e. The standard InChI is InChI=1S/C11H13F3N4/c1-16-10(7-15)4-2-8(6-10)18-5-3-9(17-18)11(12,13)14/h3,5,8,16H,2,4,6H2,1H3. The Labute approximate surface area is 102 Å². The molecule has 0 spiro atoms. The fourth-order valence-electron chi connectivity index (χ4n) is 2.32. The zero-order valence-corrected chi connectivity index (χ0v) is 9.83. The Morgan fingerprint density at radius 3 is 2.78 bits per heavy atom. The lowest BCUT2D eigenvalue weighted by molar-refractivity contribution is -0.141. The summed E-state index contributed by atoms with van der Waals surface area (Å²) in [7, 11) is 1.69. The van der Waals surface area contributed by atoms with Gasteiger partial charge >= 0.3 is 6.18 Å². The van der Waals surface area contributed by atoms with Gasteiger partial charge in [-0.25, -0.2) is 0 Å². The summed E-state index contributed by atoms with van der Waals surface area (Å²) in [5, 5.41) is 15.6. The van der Waals surface area contributed by atoms with E-state index in [1.807, 2.05) is 0 Å². The van der Waals surface area contributed by atoms with Crippen molar-refractivity contribution in [1.82, 2.24) is 15.1 Å². The number of halogens is 3. The van der Waals surface area contributed by atoms with E-state index in [4.69, 9.17) is 5.26 Å². The molecule has 0 aromatic carbocycles. The van der Waals surface area contributed by atoms with E-state index >= 15 is 0 Å². The smallest absolute Gasteiger partial charge is 0.302 e. The summed E-state index contributed by atoms with van der Waals surface area (Å²) in [4.78, 5) is 0. The minimum absolute atomic E-state index is 0.159. The van der Waals surface area contributed by atoms with Crippen molar-refractivity contribution in [2.45, 2.75) is 37.0 Å². The van der Waals surface area contributed by atoms with Crippen LogP contribution >= 0.6 is 0 Å². The molecule has 1 aliphatic carbocycles. The number of alkyl halides is 3. The van der Waals surface area contributed by atoms with Crippen LogP contribution in [0, 0.1) is 11.3 Å². The van der Waals surface area contributed by atoms with Crippen LogP contribution in [-0.4, -0.2) is 22.4 Å². The van der Waals surface area contributed by atoms with Crippen molar-refractivity contribution in [2.75, 3.05) is 7.05 Å². The molecule has 1 fully saturated rings. The summed E-state index contributed by atoms with van der Waals surface area (Å²) < 4.78 is 38.6. The van der Waals surface area contributed by atoms with Crippen LogP contribution in [0.2, 0.25) is 0 Å². The second-order valence-electron chi connectivity index (χ2n) is 4.52. The molecule has 0 saturated heterocycles. The molecule has 2 atom stereocenters. The van der Waals surface area contributed by atoms with Crippen LogP contribution in [0.4, 0.5) is 13.2 Å². The van der Waals surface area contributed by atoms with E-state index < -0.39 is 17.4 Å². The predicted octanol–water partition coefficient (Wildman–Crippen LogP) is 2.11. The van der Waals surface area contributed by atoms with Crippen molar-refractivity contribution in [3.05, 3.63) is 18.0 Å². The van der Waals surface area contributed by atoms with Gasteiger partial charge in [-0.1, -0.05) is 0 Å². The van der Waals surface area contributed by atoms with E-state index in [1.165, 1.54) is 10.9 Å². The monoisotopic (exact) mass is 258 g/mol. The molecule has 1 aromatic heterocycles. The zero-order valence-electron chi connectivity index (χ0n) is 9.83. The van der Waals surface area contributed by atoms with Gasteiger partial charge in [0.1, 0.15) is 5.54 Å². The Morgan fingerprint density at radius 1 is 1.61 bits per heavy atom. The molecule has 1 aliphatic rings. The van der Waals surface area contributed by atoms with Crippen LogP contribution in [-0.2, 0) is 6.18 Å². The van der Waals surface area contributed by atoms with Gasteiger partial charge in [0.05, 0.1) is 12.1 Å². The molecule has 0 aliphatic heterocycles. The Kier molecular flexibility index (Phi) is 3.07. The van der Waals surface area contributed by atoms with E-state index in [9.17, 15) is 13.2 Å². The quantitative estimate of drug-likeness (QED) is 0.883. The van der Waals surface area contributed by atoms with Crippen molar-refractivity contribution in [3.63, 3.8) is 0 Å². The molecule has 1 saturated carbocycles. The summed E-state index contributed by atoms with van der Waals surface area (Å²) in [5.74, 6) is 0. The normalized spacial score (nSPS) is 28.3. The highest BCUT2D eigenvalue weighted by molar-refractivity contribution is 5.13. The minimum Gasteiger partial charge on any atom is -0.302 e. The van der Waals surface area contributed by atoms with Gasteiger partial charge < -0.3 is 5.32 Å². The summed E-state index contributed by atoms with van der Waals surface area (Å²) >= 11 is 0. The Bertz CT molecular complexity index is 473. The molecule has 18 heavy (non-hydrogen) atoms. The van der Waals surface area contributed by atoms with E-state index in [0.29, 0.717) is 19.3 Å². The molecule has 2 unspecified atom stereocenters. The maximum Gasteiger partial charge on any atom is 0.435 e. The van der Waals surface area contributed by atoms with Crippen LogP contribution < -0.4 is 5.32 Å². The second kappa shape index (κ2) is 4.28. The van der Waals surface area contributed by atoms with E-state index in [0.717, 1.165) is 6.07 Å². The van der Waals surface area contributed by atoms with Crippen molar-refractivity contribution < 1.29 is 13.2 Å². The number of nitrogens with one attached hydrogen (secondary N) is 1. The van der Waals surface area contributed by atoms with E-state index in [1.54, 1.807) is 7.05 Å². The molecule has 1 heterocycles. The summed E-state index contributed by atoms with van der Waals surface area (Å²) in [6, 6.07) is 2.99. The van der Waals surface area contributed by atoms with Crippen LogP contribution in [0.15, 0.2) is 12.3 Å². The van der Waals surface area contributed by atoms with E-state index in [-0.39, 0.29) is 6.04 Å². The maximum atomic E-state index is 12.4. The van der Waals surface area contributed by atoms with Gasteiger partial charge in [0.2, 0.25) is 0 Å². The highest BCUT2D eigenvalue weighted by Crippen LogP contribution is 2.37. The number of aromatic nitrogens is 2. The van der Waals surface area contributed by atoms with Crippen LogP contribution in [0.25, 0.3) is 0 Å². The van der Waals surface area contributed by atoms with Gasteiger partial charge in [0.25, 0.3) is 0 Å².